The van der Waals surface area contributed by atoms with Crippen molar-refractivity contribution in [3.63, 3.8) is 0 Å². The van der Waals surface area contributed by atoms with E-state index < -0.39 is 0 Å². The summed E-state index contributed by atoms with van der Waals surface area (Å²) in [7, 11) is 0. The molecule has 4 nitrogen and oxygen atoms in total. The van der Waals surface area contributed by atoms with Gasteiger partial charge in [0.1, 0.15) is 0 Å². The van der Waals surface area contributed by atoms with E-state index >= 15 is 0 Å². The molecule has 3 saturated heterocycles. The predicted molar refractivity (Wildman–Crippen MR) is 86.3 cm³/mol. The number of esters is 1. The lowest BCUT2D eigenvalue weighted by molar-refractivity contribution is -0.0304. The normalized spacial score (nSPS) is 27.2. The van der Waals surface area contributed by atoms with Crippen molar-refractivity contribution in [1.82, 2.24) is 9.88 Å². The molecule has 0 amide bonds. The van der Waals surface area contributed by atoms with Gasteiger partial charge >= 0.3 is 5.97 Å². The summed E-state index contributed by atoms with van der Waals surface area (Å²) in [5.41, 5.74) is 1.59. The Hall–Kier alpha value is -1.52. The van der Waals surface area contributed by atoms with Gasteiger partial charge in [0.25, 0.3) is 0 Å². The SMILES string of the molecule is O=C(OCC12CCN(CC1)CC2)c1c[nH]c2cccc(Cl)c12. The zero-order chi connectivity index (χ0) is 15.2. The van der Waals surface area contributed by atoms with Crippen LogP contribution < -0.4 is 0 Å². The number of hydrogen-bond donors (Lipinski definition) is 1. The van der Waals surface area contributed by atoms with E-state index in [1.807, 2.05) is 12.1 Å². The highest BCUT2D eigenvalue weighted by Crippen LogP contribution is 2.40. The van der Waals surface area contributed by atoms with Crippen LogP contribution in [-0.4, -0.2) is 42.1 Å². The van der Waals surface area contributed by atoms with Crippen LogP contribution in [0.25, 0.3) is 10.9 Å². The molecule has 5 rings (SSSR count). The number of fused-ring (bicyclic) bond motifs is 4. The molecule has 22 heavy (non-hydrogen) atoms. The number of nitrogens with zero attached hydrogens (tertiary/aromatic N) is 1. The molecule has 0 unspecified atom stereocenters. The van der Waals surface area contributed by atoms with Crippen molar-refractivity contribution in [2.75, 3.05) is 26.2 Å². The molecule has 2 aromatic rings. The predicted octanol–water partition coefficient (Wildman–Crippen LogP) is 3.46. The van der Waals surface area contributed by atoms with Crippen LogP contribution in [0.4, 0.5) is 0 Å². The largest absolute Gasteiger partial charge is 0.461 e. The minimum absolute atomic E-state index is 0.195. The minimum Gasteiger partial charge on any atom is -0.461 e. The highest BCUT2D eigenvalue weighted by atomic mass is 35.5. The van der Waals surface area contributed by atoms with Crippen LogP contribution in [0.1, 0.15) is 29.6 Å². The summed E-state index contributed by atoms with van der Waals surface area (Å²) in [5, 5.41) is 1.33. The number of carbonyl (C=O) groups excluding carboxylic acids is 1. The summed E-state index contributed by atoms with van der Waals surface area (Å²) in [4.78, 5) is 18.1. The lowest BCUT2D eigenvalue weighted by Crippen LogP contribution is -2.50. The van der Waals surface area contributed by atoms with Crippen molar-refractivity contribution in [2.45, 2.75) is 19.3 Å². The lowest BCUT2D eigenvalue weighted by Gasteiger charge is -2.47. The van der Waals surface area contributed by atoms with Gasteiger partial charge in [-0.25, -0.2) is 4.79 Å². The second-order valence-electron chi connectivity index (χ2n) is 6.53. The summed E-state index contributed by atoms with van der Waals surface area (Å²) in [6, 6.07) is 5.57. The standard InChI is InChI=1S/C17H19ClN2O2/c18-13-2-1-3-14-15(13)12(10-19-14)16(21)22-11-17-4-7-20(8-5-17)9-6-17/h1-3,10,19H,4-9,11H2. The molecular weight excluding hydrogens is 300 g/mol. The first-order chi connectivity index (χ1) is 10.7. The van der Waals surface area contributed by atoms with Crippen molar-refractivity contribution in [2.24, 2.45) is 5.41 Å². The van der Waals surface area contributed by atoms with E-state index in [0.29, 0.717) is 17.2 Å². The first kappa shape index (κ1) is 14.1. The third-order valence-corrected chi connectivity index (χ3v) is 5.57. The Kier molecular flexibility index (Phi) is 3.39. The first-order valence-corrected chi connectivity index (χ1v) is 8.20. The average molecular weight is 319 g/mol. The number of ether oxygens (including phenoxy) is 1. The maximum Gasteiger partial charge on any atom is 0.340 e. The highest BCUT2D eigenvalue weighted by Gasteiger charge is 2.40. The summed E-state index contributed by atoms with van der Waals surface area (Å²) < 4.78 is 5.67. The number of aromatic amines is 1. The molecule has 0 spiro atoms. The Bertz CT molecular complexity index is 703. The van der Waals surface area contributed by atoms with E-state index in [1.165, 1.54) is 0 Å². The maximum absolute atomic E-state index is 12.5. The molecular formula is C17H19ClN2O2. The number of halogens is 1. The van der Waals surface area contributed by atoms with E-state index in [1.54, 1.807) is 12.3 Å². The number of carbonyl (C=O) groups is 1. The topological polar surface area (TPSA) is 45.3 Å². The third kappa shape index (κ3) is 2.31. The van der Waals surface area contributed by atoms with Crippen LogP contribution in [0.5, 0.6) is 0 Å². The molecule has 2 bridgehead atoms. The zero-order valence-corrected chi connectivity index (χ0v) is 13.2. The number of rotatable bonds is 3. The number of piperidine rings is 3. The summed E-state index contributed by atoms with van der Waals surface area (Å²) >= 11 is 6.22. The fourth-order valence-electron chi connectivity index (χ4n) is 3.71. The second-order valence-corrected chi connectivity index (χ2v) is 6.94. The van der Waals surface area contributed by atoms with E-state index in [-0.39, 0.29) is 11.4 Å². The third-order valence-electron chi connectivity index (χ3n) is 5.26. The zero-order valence-electron chi connectivity index (χ0n) is 12.4. The fraction of sp³-hybridized carbons (Fsp3) is 0.471. The van der Waals surface area contributed by atoms with Gasteiger partial charge in [-0.15, -0.1) is 0 Å². The lowest BCUT2D eigenvalue weighted by atomic mass is 9.73. The van der Waals surface area contributed by atoms with Crippen molar-refractivity contribution in [3.05, 3.63) is 35.0 Å². The highest BCUT2D eigenvalue weighted by molar-refractivity contribution is 6.36. The monoisotopic (exact) mass is 318 g/mol. The van der Waals surface area contributed by atoms with E-state index in [0.717, 1.165) is 49.8 Å². The van der Waals surface area contributed by atoms with Gasteiger partial charge in [-0.3, -0.25) is 0 Å². The van der Waals surface area contributed by atoms with Gasteiger partial charge in [0.2, 0.25) is 0 Å². The second kappa shape index (κ2) is 5.28. The van der Waals surface area contributed by atoms with Crippen molar-refractivity contribution in [1.29, 1.82) is 0 Å². The molecule has 1 aromatic carbocycles. The van der Waals surface area contributed by atoms with Crippen LogP contribution in [0, 0.1) is 5.41 Å². The van der Waals surface area contributed by atoms with Gasteiger partial charge in [-0.1, -0.05) is 17.7 Å². The van der Waals surface area contributed by atoms with Gasteiger partial charge in [-0.05, 0) is 51.0 Å². The van der Waals surface area contributed by atoms with Crippen molar-refractivity contribution >= 4 is 28.5 Å². The molecule has 3 aliphatic rings. The van der Waals surface area contributed by atoms with Crippen LogP contribution in [0.15, 0.2) is 24.4 Å². The Balaban J connectivity index is 1.52. The van der Waals surface area contributed by atoms with E-state index in [2.05, 4.69) is 9.88 Å². The number of benzene rings is 1. The van der Waals surface area contributed by atoms with E-state index in [4.69, 9.17) is 16.3 Å². The van der Waals surface area contributed by atoms with Crippen molar-refractivity contribution < 1.29 is 9.53 Å². The summed E-state index contributed by atoms with van der Waals surface area (Å²) in [6.45, 7) is 3.93. The number of hydrogen-bond acceptors (Lipinski definition) is 3. The molecule has 0 aliphatic carbocycles. The first-order valence-electron chi connectivity index (χ1n) is 7.82. The molecule has 0 saturated carbocycles. The molecule has 0 atom stereocenters. The fourth-order valence-corrected chi connectivity index (χ4v) is 3.99. The number of aromatic nitrogens is 1. The molecule has 3 aliphatic heterocycles. The average Bonchev–Trinajstić information content (AvgIpc) is 3.00. The molecule has 4 heterocycles. The van der Waals surface area contributed by atoms with Gasteiger partial charge < -0.3 is 14.6 Å². The van der Waals surface area contributed by atoms with Crippen molar-refractivity contribution in [3.8, 4) is 0 Å². The van der Waals surface area contributed by atoms with Gasteiger partial charge in [0.05, 0.1) is 17.2 Å². The number of H-pyrrole nitrogens is 1. The Labute approximate surface area is 134 Å². The molecule has 1 N–H and O–H groups in total. The maximum atomic E-state index is 12.5. The summed E-state index contributed by atoms with van der Waals surface area (Å²) in [5.74, 6) is -0.276. The Morgan fingerprint density at radius 3 is 2.73 bits per heavy atom. The smallest absolute Gasteiger partial charge is 0.340 e. The van der Waals surface area contributed by atoms with Gasteiger partial charge in [0, 0.05) is 22.5 Å². The molecule has 0 radical (unpaired) electrons. The molecule has 1 aromatic heterocycles. The van der Waals surface area contributed by atoms with Crippen LogP contribution in [-0.2, 0) is 4.74 Å². The minimum atomic E-state index is -0.276. The van der Waals surface area contributed by atoms with Crippen LogP contribution in [0.3, 0.4) is 0 Å². The summed E-state index contributed by atoms with van der Waals surface area (Å²) in [6.07, 6.45) is 5.10. The van der Waals surface area contributed by atoms with Crippen LogP contribution >= 0.6 is 11.6 Å². The Morgan fingerprint density at radius 2 is 2.00 bits per heavy atom. The molecule has 116 valence electrons. The number of nitrogens with one attached hydrogen (secondary N) is 1. The Morgan fingerprint density at radius 1 is 1.27 bits per heavy atom. The van der Waals surface area contributed by atoms with Gasteiger partial charge in [0.15, 0.2) is 0 Å². The van der Waals surface area contributed by atoms with Gasteiger partial charge in [-0.2, -0.15) is 0 Å². The van der Waals surface area contributed by atoms with Crippen LogP contribution in [0.2, 0.25) is 5.02 Å². The molecule has 5 heteroatoms. The quantitative estimate of drug-likeness (QED) is 0.881. The molecule has 3 fully saturated rings. The van der Waals surface area contributed by atoms with E-state index in [9.17, 15) is 4.79 Å².